The number of aromatic nitrogens is 1. The fourth-order valence-corrected chi connectivity index (χ4v) is 2.52. The number of rotatable bonds is 3. The summed E-state index contributed by atoms with van der Waals surface area (Å²) < 4.78 is 5.77. The Morgan fingerprint density at radius 3 is 2.57 bits per heavy atom. The van der Waals surface area contributed by atoms with Crippen molar-refractivity contribution in [3.8, 4) is 6.07 Å². The van der Waals surface area contributed by atoms with Gasteiger partial charge >= 0.3 is 0 Å². The van der Waals surface area contributed by atoms with Crippen LogP contribution in [0.15, 0.2) is 34.7 Å². The number of piperidine rings is 1. The standard InChI is InChI=1S/C17H17N3O/c18-13-15-17(20-11-5-2-6-12-20)21-16(19-15)10-9-14-7-3-1-4-8-14/h1,3-4,7-10H,2,5-6,11-12H2. The Hall–Kier alpha value is -2.54. The van der Waals surface area contributed by atoms with E-state index < -0.39 is 0 Å². The third kappa shape index (κ3) is 3.14. The quantitative estimate of drug-likeness (QED) is 0.859. The molecule has 4 nitrogen and oxygen atoms in total. The Labute approximate surface area is 124 Å². The predicted octanol–water partition coefficient (Wildman–Crippen LogP) is 3.71. The fraction of sp³-hybridized carbons (Fsp3) is 0.294. The second-order valence-electron chi connectivity index (χ2n) is 5.11. The number of nitriles is 1. The summed E-state index contributed by atoms with van der Waals surface area (Å²) in [7, 11) is 0. The molecule has 106 valence electrons. The Balaban J connectivity index is 1.82. The zero-order chi connectivity index (χ0) is 14.5. The molecule has 1 aliphatic rings. The van der Waals surface area contributed by atoms with Crippen molar-refractivity contribution in [3.05, 3.63) is 47.5 Å². The minimum Gasteiger partial charge on any atom is -0.420 e. The van der Waals surface area contributed by atoms with Gasteiger partial charge in [-0.15, -0.1) is 0 Å². The molecule has 1 aliphatic heterocycles. The van der Waals surface area contributed by atoms with E-state index >= 15 is 0 Å². The number of nitrogens with zero attached hydrogens (tertiary/aromatic N) is 3. The van der Waals surface area contributed by atoms with E-state index in [1.165, 1.54) is 6.42 Å². The monoisotopic (exact) mass is 279 g/mol. The van der Waals surface area contributed by atoms with Crippen LogP contribution in [0.3, 0.4) is 0 Å². The lowest BCUT2D eigenvalue weighted by Gasteiger charge is -2.25. The van der Waals surface area contributed by atoms with Crippen LogP contribution >= 0.6 is 0 Å². The maximum absolute atomic E-state index is 9.22. The molecule has 0 bridgehead atoms. The predicted molar refractivity (Wildman–Crippen MR) is 82.7 cm³/mol. The van der Waals surface area contributed by atoms with Crippen molar-refractivity contribution >= 4 is 18.0 Å². The average molecular weight is 279 g/mol. The lowest BCUT2D eigenvalue weighted by atomic mass is 10.1. The number of hydrogen-bond donors (Lipinski definition) is 0. The summed E-state index contributed by atoms with van der Waals surface area (Å²) in [4.78, 5) is 6.38. The number of anilines is 1. The van der Waals surface area contributed by atoms with E-state index in [0.29, 0.717) is 17.5 Å². The van der Waals surface area contributed by atoms with Gasteiger partial charge in [-0.1, -0.05) is 30.3 Å². The van der Waals surface area contributed by atoms with Crippen molar-refractivity contribution in [2.24, 2.45) is 0 Å². The third-order valence-electron chi connectivity index (χ3n) is 3.59. The van der Waals surface area contributed by atoms with Gasteiger partial charge in [0.25, 0.3) is 0 Å². The van der Waals surface area contributed by atoms with E-state index in [1.807, 2.05) is 42.5 Å². The van der Waals surface area contributed by atoms with E-state index in [-0.39, 0.29) is 0 Å². The molecule has 2 aromatic rings. The van der Waals surface area contributed by atoms with Crippen molar-refractivity contribution < 1.29 is 4.42 Å². The first kappa shape index (κ1) is 13.4. The largest absolute Gasteiger partial charge is 0.420 e. The number of hydrogen-bond acceptors (Lipinski definition) is 4. The van der Waals surface area contributed by atoms with Gasteiger partial charge in [-0.25, -0.2) is 0 Å². The van der Waals surface area contributed by atoms with Crippen molar-refractivity contribution in [1.82, 2.24) is 4.98 Å². The molecule has 0 radical (unpaired) electrons. The Kier molecular flexibility index (Phi) is 4.02. The molecule has 4 heteroatoms. The highest BCUT2D eigenvalue weighted by atomic mass is 16.4. The van der Waals surface area contributed by atoms with Gasteiger partial charge < -0.3 is 9.32 Å². The van der Waals surface area contributed by atoms with E-state index in [4.69, 9.17) is 4.42 Å². The van der Waals surface area contributed by atoms with Gasteiger partial charge in [-0.3, -0.25) is 0 Å². The highest BCUT2D eigenvalue weighted by Gasteiger charge is 2.20. The highest BCUT2D eigenvalue weighted by Crippen LogP contribution is 2.25. The molecule has 0 amide bonds. The topological polar surface area (TPSA) is 53.1 Å². The van der Waals surface area contributed by atoms with E-state index in [2.05, 4.69) is 16.0 Å². The smallest absolute Gasteiger partial charge is 0.235 e. The van der Waals surface area contributed by atoms with E-state index in [9.17, 15) is 5.26 Å². The van der Waals surface area contributed by atoms with Crippen LogP contribution in [0.5, 0.6) is 0 Å². The van der Waals surface area contributed by atoms with Gasteiger partial charge in [0.15, 0.2) is 0 Å². The summed E-state index contributed by atoms with van der Waals surface area (Å²) in [6.45, 7) is 1.87. The van der Waals surface area contributed by atoms with Crippen molar-refractivity contribution in [1.29, 1.82) is 5.26 Å². The van der Waals surface area contributed by atoms with Crippen LogP contribution in [-0.4, -0.2) is 18.1 Å². The molecule has 0 aliphatic carbocycles. The SMILES string of the molecule is N#Cc1nc(C=Cc2ccccc2)oc1N1CCCCC1. The summed E-state index contributed by atoms with van der Waals surface area (Å²) in [5.74, 6) is 1.10. The lowest BCUT2D eigenvalue weighted by molar-refractivity contribution is 0.492. The molecular weight excluding hydrogens is 262 g/mol. The first-order chi connectivity index (χ1) is 10.4. The first-order valence-electron chi connectivity index (χ1n) is 7.26. The van der Waals surface area contributed by atoms with Gasteiger partial charge in [0.1, 0.15) is 6.07 Å². The van der Waals surface area contributed by atoms with Gasteiger partial charge in [-0.05, 0) is 30.9 Å². The Morgan fingerprint density at radius 2 is 1.86 bits per heavy atom. The molecule has 1 aromatic carbocycles. The number of oxazole rings is 1. The first-order valence-corrected chi connectivity index (χ1v) is 7.26. The normalized spacial score (nSPS) is 15.3. The van der Waals surface area contributed by atoms with Crippen molar-refractivity contribution in [2.45, 2.75) is 19.3 Å². The van der Waals surface area contributed by atoms with Crippen LogP contribution in [-0.2, 0) is 0 Å². The number of benzene rings is 1. The Morgan fingerprint density at radius 1 is 1.10 bits per heavy atom. The second kappa shape index (κ2) is 6.27. The van der Waals surface area contributed by atoms with Gasteiger partial charge in [0.2, 0.25) is 17.5 Å². The Bertz CT molecular complexity index is 661. The molecule has 1 fully saturated rings. The summed E-state index contributed by atoms with van der Waals surface area (Å²) in [5.41, 5.74) is 1.46. The molecule has 2 heterocycles. The van der Waals surface area contributed by atoms with Gasteiger partial charge in [-0.2, -0.15) is 10.2 Å². The molecule has 21 heavy (non-hydrogen) atoms. The van der Waals surface area contributed by atoms with Crippen LogP contribution in [0, 0.1) is 11.3 Å². The van der Waals surface area contributed by atoms with E-state index in [1.54, 1.807) is 0 Å². The molecule has 1 aromatic heterocycles. The molecule has 0 saturated carbocycles. The van der Waals surface area contributed by atoms with Gasteiger partial charge in [0.05, 0.1) is 0 Å². The molecular formula is C17H17N3O. The zero-order valence-corrected chi connectivity index (χ0v) is 11.8. The zero-order valence-electron chi connectivity index (χ0n) is 11.8. The summed E-state index contributed by atoms with van der Waals surface area (Å²) >= 11 is 0. The van der Waals surface area contributed by atoms with Crippen LogP contribution in [0.2, 0.25) is 0 Å². The molecule has 3 rings (SSSR count). The van der Waals surface area contributed by atoms with Crippen LogP contribution in [0.1, 0.15) is 36.4 Å². The molecule has 0 N–H and O–H groups in total. The summed E-state index contributed by atoms with van der Waals surface area (Å²) in [6, 6.07) is 12.1. The average Bonchev–Trinajstić information content (AvgIpc) is 2.98. The second-order valence-corrected chi connectivity index (χ2v) is 5.11. The highest BCUT2D eigenvalue weighted by molar-refractivity contribution is 5.67. The third-order valence-corrected chi connectivity index (χ3v) is 3.59. The maximum Gasteiger partial charge on any atom is 0.235 e. The summed E-state index contributed by atoms with van der Waals surface area (Å²) in [6.07, 6.45) is 7.27. The molecule has 1 saturated heterocycles. The van der Waals surface area contributed by atoms with Crippen LogP contribution in [0.4, 0.5) is 5.88 Å². The molecule has 0 spiro atoms. The van der Waals surface area contributed by atoms with E-state index in [0.717, 1.165) is 31.5 Å². The van der Waals surface area contributed by atoms with Crippen LogP contribution < -0.4 is 4.90 Å². The summed E-state index contributed by atoms with van der Waals surface area (Å²) in [5, 5.41) is 9.22. The van der Waals surface area contributed by atoms with Gasteiger partial charge in [0, 0.05) is 19.2 Å². The fourth-order valence-electron chi connectivity index (χ4n) is 2.52. The van der Waals surface area contributed by atoms with Crippen molar-refractivity contribution in [3.63, 3.8) is 0 Å². The van der Waals surface area contributed by atoms with Crippen molar-refractivity contribution in [2.75, 3.05) is 18.0 Å². The molecule has 0 atom stereocenters. The lowest BCUT2D eigenvalue weighted by Crippen LogP contribution is -2.29. The minimum atomic E-state index is 0.379. The molecule has 0 unspecified atom stereocenters. The minimum absolute atomic E-state index is 0.379. The van der Waals surface area contributed by atoms with Crippen LogP contribution in [0.25, 0.3) is 12.2 Å². The maximum atomic E-state index is 9.22.